The maximum atomic E-state index is 12.5. The zero-order chi connectivity index (χ0) is 18.0. The summed E-state index contributed by atoms with van der Waals surface area (Å²) in [7, 11) is 0. The Hall–Kier alpha value is -2.54. The van der Waals surface area contributed by atoms with Crippen LogP contribution in [0.1, 0.15) is 43.6 Å². The Bertz CT molecular complexity index is 824. The Morgan fingerprint density at radius 3 is 2.33 bits per heavy atom. The minimum absolute atomic E-state index is 0.0955. The third-order valence-corrected chi connectivity index (χ3v) is 4.75. The summed E-state index contributed by atoms with van der Waals surface area (Å²) in [4.78, 5) is 34.8. The van der Waals surface area contributed by atoms with E-state index in [4.69, 9.17) is 4.74 Å². The maximum Gasteiger partial charge on any atom is 0.349 e. The Morgan fingerprint density at radius 1 is 1.12 bits per heavy atom. The van der Waals surface area contributed by atoms with Gasteiger partial charge in [-0.15, -0.1) is 0 Å². The first-order valence-electron chi connectivity index (χ1n) is 7.28. The molecule has 0 saturated carbocycles. The first-order chi connectivity index (χ1) is 11.2. The van der Waals surface area contributed by atoms with Gasteiger partial charge in [-0.1, -0.05) is 17.4 Å². The van der Waals surface area contributed by atoms with Gasteiger partial charge in [-0.25, -0.2) is 4.79 Å². The molecule has 0 radical (unpaired) electrons. The number of carbonyl (C=O) groups excluding carboxylic acids is 2. The van der Waals surface area contributed by atoms with Gasteiger partial charge in [0.05, 0.1) is 4.92 Å². The minimum atomic E-state index is -0.973. The molecule has 0 unspecified atom stereocenters. The van der Waals surface area contributed by atoms with Gasteiger partial charge in [-0.2, -0.15) is 0 Å². The molecule has 1 atom stereocenters. The van der Waals surface area contributed by atoms with Gasteiger partial charge < -0.3 is 4.74 Å². The molecule has 7 heteroatoms. The molecule has 1 aromatic heterocycles. The number of Topliss-reactive ketones (excluding diaryl/α,β-unsaturated/α-hetero) is 1. The lowest BCUT2D eigenvalue weighted by atomic mass is 9.96. The average Bonchev–Trinajstić information content (AvgIpc) is 3.00. The van der Waals surface area contributed by atoms with Crippen LogP contribution < -0.4 is 0 Å². The summed E-state index contributed by atoms with van der Waals surface area (Å²) in [5.41, 5.74) is 3.39. The lowest BCUT2D eigenvalue weighted by Gasteiger charge is -2.14. The van der Waals surface area contributed by atoms with E-state index in [0.717, 1.165) is 28.0 Å². The van der Waals surface area contributed by atoms with Crippen molar-refractivity contribution in [1.82, 2.24) is 0 Å². The number of nitro groups is 1. The SMILES string of the molecule is Cc1cc(C)c(C(=O)[C@H](C)OC(=O)c2ccc([N+](=O)[O-])s2)cc1C. The first-order valence-corrected chi connectivity index (χ1v) is 8.09. The van der Waals surface area contributed by atoms with Crippen LogP contribution in [-0.2, 0) is 4.74 Å². The van der Waals surface area contributed by atoms with Gasteiger partial charge in [0.25, 0.3) is 0 Å². The number of benzene rings is 1. The van der Waals surface area contributed by atoms with E-state index >= 15 is 0 Å². The van der Waals surface area contributed by atoms with Gasteiger partial charge in [0.15, 0.2) is 6.10 Å². The molecule has 0 bridgehead atoms. The number of ketones is 1. The number of hydrogen-bond acceptors (Lipinski definition) is 6. The first kappa shape index (κ1) is 17.8. The van der Waals surface area contributed by atoms with Crippen molar-refractivity contribution in [3.05, 3.63) is 61.5 Å². The highest BCUT2D eigenvalue weighted by Crippen LogP contribution is 2.25. The maximum absolute atomic E-state index is 12.5. The molecule has 2 aromatic rings. The number of rotatable bonds is 5. The van der Waals surface area contributed by atoms with Crippen molar-refractivity contribution in [2.45, 2.75) is 33.8 Å². The lowest BCUT2D eigenvalue weighted by molar-refractivity contribution is -0.380. The highest BCUT2D eigenvalue weighted by atomic mass is 32.1. The highest BCUT2D eigenvalue weighted by molar-refractivity contribution is 7.17. The molecule has 0 aliphatic heterocycles. The summed E-state index contributed by atoms with van der Waals surface area (Å²) in [5, 5.41) is 10.5. The van der Waals surface area contributed by atoms with Crippen LogP contribution in [0, 0.1) is 30.9 Å². The molecule has 0 amide bonds. The normalized spacial score (nSPS) is 11.8. The van der Waals surface area contributed by atoms with Gasteiger partial charge in [-0.05, 0) is 56.5 Å². The molecule has 0 saturated heterocycles. The van der Waals surface area contributed by atoms with Crippen molar-refractivity contribution in [2.24, 2.45) is 0 Å². The fraction of sp³-hybridized carbons (Fsp3) is 0.294. The van der Waals surface area contributed by atoms with Crippen LogP contribution in [0.4, 0.5) is 5.00 Å². The quantitative estimate of drug-likeness (QED) is 0.353. The van der Waals surface area contributed by atoms with Gasteiger partial charge in [0.1, 0.15) is 4.88 Å². The van der Waals surface area contributed by atoms with Crippen molar-refractivity contribution in [1.29, 1.82) is 0 Å². The molecule has 0 aliphatic carbocycles. The van der Waals surface area contributed by atoms with E-state index in [2.05, 4.69) is 0 Å². The summed E-state index contributed by atoms with van der Waals surface area (Å²) in [6.07, 6.45) is -0.973. The molecule has 0 spiro atoms. The fourth-order valence-corrected chi connectivity index (χ4v) is 2.96. The second-order valence-electron chi connectivity index (χ2n) is 5.56. The standard InChI is InChI=1S/C17H17NO5S/c1-9-7-11(3)13(8-10(9)2)16(19)12(4)23-17(20)14-5-6-15(24-14)18(21)22/h5-8,12H,1-4H3/t12-/m0/s1. The Balaban J connectivity index is 2.15. The van der Waals surface area contributed by atoms with Crippen LogP contribution in [0.3, 0.4) is 0 Å². The van der Waals surface area contributed by atoms with Crippen molar-refractivity contribution >= 4 is 28.1 Å². The number of aryl methyl sites for hydroxylation is 3. The van der Waals surface area contributed by atoms with Crippen molar-refractivity contribution in [3.63, 3.8) is 0 Å². The molecule has 1 aromatic carbocycles. The summed E-state index contributed by atoms with van der Waals surface area (Å²) in [5.74, 6) is -1.04. The van der Waals surface area contributed by atoms with Crippen LogP contribution in [0.15, 0.2) is 24.3 Å². The number of thiophene rings is 1. The van der Waals surface area contributed by atoms with E-state index in [9.17, 15) is 19.7 Å². The Morgan fingerprint density at radius 2 is 1.75 bits per heavy atom. The second kappa shape index (κ2) is 6.92. The van der Waals surface area contributed by atoms with E-state index in [1.807, 2.05) is 26.8 Å². The topological polar surface area (TPSA) is 86.5 Å². The van der Waals surface area contributed by atoms with Crippen LogP contribution in [0.2, 0.25) is 0 Å². The minimum Gasteiger partial charge on any atom is -0.450 e. The molecular formula is C17H17NO5S. The third-order valence-electron chi connectivity index (χ3n) is 3.73. The molecule has 6 nitrogen and oxygen atoms in total. The summed E-state index contributed by atoms with van der Waals surface area (Å²) in [6, 6.07) is 6.26. The number of ether oxygens (including phenoxy) is 1. The third kappa shape index (κ3) is 3.68. The van der Waals surface area contributed by atoms with Gasteiger partial charge in [-0.3, -0.25) is 14.9 Å². The van der Waals surface area contributed by atoms with Gasteiger partial charge >= 0.3 is 11.0 Å². The van der Waals surface area contributed by atoms with Gasteiger partial charge in [0.2, 0.25) is 5.78 Å². The Kier molecular flexibility index (Phi) is 5.14. The smallest absolute Gasteiger partial charge is 0.349 e. The predicted molar refractivity (Wildman–Crippen MR) is 90.8 cm³/mol. The highest BCUT2D eigenvalue weighted by Gasteiger charge is 2.24. The molecule has 2 rings (SSSR count). The van der Waals surface area contributed by atoms with Crippen molar-refractivity contribution in [2.75, 3.05) is 0 Å². The Labute approximate surface area is 143 Å². The van der Waals surface area contributed by atoms with Crippen molar-refractivity contribution < 1.29 is 19.2 Å². The largest absolute Gasteiger partial charge is 0.450 e. The van der Waals surface area contributed by atoms with E-state index < -0.39 is 17.0 Å². The lowest BCUT2D eigenvalue weighted by Crippen LogP contribution is -2.25. The molecule has 126 valence electrons. The van der Waals surface area contributed by atoms with Crippen LogP contribution in [0.5, 0.6) is 0 Å². The second-order valence-corrected chi connectivity index (χ2v) is 6.62. The van der Waals surface area contributed by atoms with Crippen LogP contribution >= 0.6 is 11.3 Å². The van der Waals surface area contributed by atoms with E-state index in [1.165, 1.54) is 19.1 Å². The molecule has 1 heterocycles. The average molecular weight is 347 g/mol. The van der Waals surface area contributed by atoms with E-state index in [0.29, 0.717) is 5.56 Å². The molecule has 0 fully saturated rings. The summed E-state index contributed by atoms with van der Waals surface area (Å²) >= 11 is 0.721. The van der Waals surface area contributed by atoms with Crippen LogP contribution in [0.25, 0.3) is 0 Å². The van der Waals surface area contributed by atoms with Gasteiger partial charge in [0, 0.05) is 11.6 Å². The molecule has 0 aliphatic rings. The molecule has 0 N–H and O–H groups in total. The number of hydrogen-bond donors (Lipinski definition) is 0. The number of nitrogens with zero attached hydrogens (tertiary/aromatic N) is 1. The molecule has 24 heavy (non-hydrogen) atoms. The number of esters is 1. The zero-order valence-electron chi connectivity index (χ0n) is 13.8. The summed E-state index contributed by atoms with van der Waals surface area (Å²) in [6.45, 7) is 7.20. The predicted octanol–water partition coefficient (Wildman–Crippen LogP) is 4.01. The number of carbonyl (C=O) groups is 2. The van der Waals surface area contributed by atoms with E-state index in [1.54, 1.807) is 6.07 Å². The molecular weight excluding hydrogens is 330 g/mol. The fourth-order valence-electron chi connectivity index (χ4n) is 2.25. The van der Waals surface area contributed by atoms with E-state index in [-0.39, 0.29) is 15.7 Å². The monoisotopic (exact) mass is 347 g/mol. The van der Waals surface area contributed by atoms with Crippen molar-refractivity contribution in [3.8, 4) is 0 Å². The van der Waals surface area contributed by atoms with Crippen LogP contribution in [-0.4, -0.2) is 22.8 Å². The zero-order valence-corrected chi connectivity index (χ0v) is 14.6. The summed E-state index contributed by atoms with van der Waals surface area (Å²) < 4.78 is 5.17.